The van der Waals surface area contributed by atoms with Gasteiger partial charge in [-0.15, -0.1) is 0 Å². The number of carbonyl (C=O) groups is 2. The molecule has 2 amide bonds. The number of hydrogen-bond donors (Lipinski definition) is 2. The average molecular weight is 755 g/mol. The minimum Gasteiger partial charge on any atom is -0.481 e. The lowest BCUT2D eigenvalue weighted by molar-refractivity contribution is -0.135. The van der Waals surface area contributed by atoms with Crippen molar-refractivity contribution < 1.29 is 33.3 Å². The average Bonchev–Trinajstić information content (AvgIpc) is 3.71. The molecule has 2 N–H and O–H groups in total. The van der Waals surface area contributed by atoms with E-state index in [4.69, 9.17) is 53.4 Å². The van der Waals surface area contributed by atoms with Gasteiger partial charge in [0.2, 0.25) is 12.7 Å². The molecular formula is C37H34Cl3N3O8. The maximum atomic E-state index is 13.7. The third-order valence-corrected chi connectivity index (χ3v) is 9.20. The number of benzene rings is 4. The summed E-state index contributed by atoms with van der Waals surface area (Å²) in [6, 6.07) is 24.0. The van der Waals surface area contributed by atoms with Crippen molar-refractivity contribution in [3.8, 4) is 17.2 Å². The van der Waals surface area contributed by atoms with Gasteiger partial charge in [0.15, 0.2) is 29.4 Å². The molecule has 14 heteroatoms. The summed E-state index contributed by atoms with van der Waals surface area (Å²) in [5.41, 5.74) is 2.76. The van der Waals surface area contributed by atoms with Crippen LogP contribution in [0.15, 0.2) is 94.1 Å². The maximum absolute atomic E-state index is 13.7. The van der Waals surface area contributed by atoms with E-state index >= 15 is 0 Å². The summed E-state index contributed by atoms with van der Waals surface area (Å²) in [6.07, 6.45) is -0.556. The number of nitrogens with zero attached hydrogens (tertiary/aromatic N) is 2. The Balaban J connectivity index is 1.18. The molecule has 0 bridgehead atoms. The second-order valence-electron chi connectivity index (χ2n) is 11.9. The number of fused-ring (bicyclic) bond motifs is 2. The van der Waals surface area contributed by atoms with Gasteiger partial charge in [0, 0.05) is 31.1 Å². The van der Waals surface area contributed by atoms with E-state index in [0.717, 1.165) is 11.1 Å². The molecule has 1 aromatic heterocycles. The highest BCUT2D eigenvalue weighted by atomic mass is 35.5. The number of oxazole rings is 1. The summed E-state index contributed by atoms with van der Waals surface area (Å²) in [5.74, 6) is -0.0563. The number of hydrogen-bond acceptors (Lipinski definition) is 8. The fraction of sp³-hybridized carbons (Fsp3) is 0.270. The Bertz CT molecular complexity index is 2050. The Labute approximate surface area is 308 Å². The van der Waals surface area contributed by atoms with E-state index in [2.05, 4.69) is 5.32 Å². The van der Waals surface area contributed by atoms with Gasteiger partial charge in [0.25, 0.3) is 5.91 Å². The number of nitrogens with one attached hydrogen (secondary N) is 1. The highest BCUT2D eigenvalue weighted by molar-refractivity contribution is 6.40. The number of aliphatic hydroxyl groups is 1. The van der Waals surface area contributed by atoms with E-state index in [1.165, 1.54) is 21.6 Å². The Morgan fingerprint density at radius 1 is 0.922 bits per heavy atom. The zero-order valence-electron chi connectivity index (χ0n) is 27.2. The molecular weight excluding hydrogens is 721 g/mol. The molecule has 0 saturated heterocycles. The topological polar surface area (TPSA) is 132 Å². The number of carbonyl (C=O) groups excluding carboxylic acids is 2. The Hall–Kier alpha value is -4.68. The van der Waals surface area contributed by atoms with Crippen molar-refractivity contribution in [2.24, 2.45) is 0 Å². The largest absolute Gasteiger partial charge is 0.481 e. The summed E-state index contributed by atoms with van der Waals surface area (Å²) in [7, 11) is 0. The molecule has 51 heavy (non-hydrogen) atoms. The molecule has 0 fully saturated rings. The van der Waals surface area contributed by atoms with E-state index in [1.54, 1.807) is 30.3 Å². The van der Waals surface area contributed by atoms with Gasteiger partial charge in [-0.05, 0) is 60.4 Å². The lowest BCUT2D eigenvalue weighted by atomic mass is 10.00. The zero-order chi connectivity index (χ0) is 35.9. The number of ether oxygens (including phenoxy) is 3. The second-order valence-corrected chi connectivity index (χ2v) is 13.2. The Morgan fingerprint density at radius 2 is 1.65 bits per heavy atom. The van der Waals surface area contributed by atoms with Crippen molar-refractivity contribution >= 4 is 57.7 Å². The Morgan fingerprint density at radius 3 is 2.43 bits per heavy atom. The monoisotopic (exact) mass is 753 g/mol. The minimum atomic E-state index is -1.20. The summed E-state index contributed by atoms with van der Waals surface area (Å²) in [4.78, 5) is 41.0. The summed E-state index contributed by atoms with van der Waals surface area (Å²) < 4.78 is 23.4. The predicted octanol–water partition coefficient (Wildman–Crippen LogP) is 5.91. The zero-order valence-corrected chi connectivity index (χ0v) is 29.5. The number of aliphatic hydroxyl groups excluding tert-OH is 1. The van der Waals surface area contributed by atoms with E-state index in [1.807, 2.05) is 42.5 Å². The quantitative estimate of drug-likeness (QED) is 0.135. The van der Waals surface area contributed by atoms with Gasteiger partial charge in [-0.2, -0.15) is 0 Å². The number of rotatable bonds is 15. The van der Waals surface area contributed by atoms with Crippen molar-refractivity contribution in [1.29, 1.82) is 0 Å². The number of amides is 2. The first kappa shape index (κ1) is 36.1. The van der Waals surface area contributed by atoms with Gasteiger partial charge in [-0.1, -0.05) is 83.3 Å². The molecule has 6 rings (SSSR count). The van der Waals surface area contributed by atoms with Crippen LogP contribution < -0.4 is 25.3 Å². The Kier molecular flexibility index (Phi) is 11.7. The SMILES string of the molecule is O=C(CCn1c(=O)oc2ccccc21)NC(Cc1ccccc1)C(O)CN(CCc1ccc2c(c1)OCO2)C(=O)COc1c(Cl)cc(Cl)cc1Cl. The van der Waals surface area contributed by atoms with Crippen LogP contribution in [-0.2, 0) is 29.0 Å². The molecule has 0 spiro atoms. The number of aryl methyl sites for hydroxylation is 1. The van der Waals surface area contributed by atoms with E-state index in [0.29, 0.717) is 34.0 Å². The molecule has 2 heterocycles. The molecule has 0 saturated carbocycles. The van der Waals surface area contributed by atoms with Crippen molar-refractivity contribution in [3.63, 3.8) is 0 Å². The summed E-state index contributed by atoms with van der Waals surface area (Å²) >= 11 is 18.6. The van der Waals surface area contributed by atoms with Crippen LogP contribution in [0.25, 0.3) is 11.1 Å². The smallest absolute Gasteiger partial charge is 0.419 e. The van der Waals surface area contributed by atoms with Crippen molar-refractivity contribution in [2.45, 2.75) is 38.0 Å². The summed E-state index contributed by atoms with van der Waals surface area (Å²) in [5, 5.41) is 15.2. The standard InChI is InChI=1S/C37H34Cl3N3O8/c38-25-18-26(39)36(27(40)19-25)48-21-35(46)42(14-12-24-10-11-32-33(17-24)50-22-49-32)20-30(44)28(16-23-6-2-1-3-7-23)41-34(45)13-15-43-29-8-4-5-9-31(29)51-37(43)47/h1-11,17-19,28,30,44H,12-16,20-22H2,(H,41,45). The van der Waals surface area contributed by atoms with Gasteiger partial charge in [-0.25, -0.2) is 4.79 Å². The van der Waals surface area contributed by atoms with Crippen molar-refractivity contribution in [3.05, 3.63) is 122 Å². The van der Waals surface area contributed by atoms with Gasteiger partial charge < -0.3 is 34.0 Å². The minimum absolute atomic E-state index is 0.0509. The summed E-state index contributed by atoms with van der Waals surface area (Å²) in [6.45, 7) is -0.171. The van der Waals surface area contributed by atoms with Gasteiger partial charge in [-0.3, -0.25) is 14.2 Å². The van der Waals surface area contributed by atoms with Crippen molar-refractivity contribution in [1.82, 2.24) is 14.8 Å². The van der Waals surface area contributed by atoms with Crippen LogP contribution >= 0.6 is 34.8 Å². The molecule has 0 aliphatic carbocycles. The van der Waals surface area contributed by atoms with E-state index in [-0.39, 0.29) is 61.0 Å². The third-order valence-electron chi connectivity index (χ3n) is 8.42. The van der Waals surface area contributed by atoms with Crippen LogP contribution in [0, 0.1) is 0 Å². The van der Waals surface area contributed by atoms with Crippen LogP contribution in [-0.4, -0.2) is 65.0 Å². The highest BCUT2D eigenvalue weighted by Gasteiger charge is 2.27. The molecule has 2 atom stereocenters. The predicted molar refractivity (Wildman–Crippen MR) is 193 cm³/mol. The molecule has 4 aromatic carbocycles. The van der Waals surface area contributed by atoms with Crippen LogP contribution in [0.1, 0.15) is 17.5 Å². The van der Waals surface area contributed by atoms with Crippen molar-refractivity contribution in [2.75, 3.05) is 26.5 Å². The highest BCUT2D eigenvalue weighted by Crippen LogP contribution is 2.36. The van der Waals surface area contributed by atoms with Gasteiger partial charge >= 0.3 is 5.76 Å². The van der Waals surface area contributed by atoms with Crippen LogP contribution in [0.5, 0.6) is 17.2 Å². The second kappa shape index (κ2) is 16.6. The lowest BCUT2D eigenvalue weighted by Gasteiger charge is -2.30. The molecule has 11 nitrogen and oxygen atoms in total. The molecule has 1 aliphatic rings. The lowest BCUT2D eigenvalue weighted by Crippen LogP contribution is -2.51. The fourth-order valence-electron chi connectivity index (χ4n) is 5.79. The van der Waals surface area contributed by atoms with E-state index < -0.39 is 30.4 Å². The number of aromatic nitrogens is 1. The first-order valence-corrected chi connectivity index (χ1v) is 17.3. The first-order chi connectivity index (χ1) is 24.6. The molecule has 5 aromatic rings. The first-order valence-electron chi connectivity index (χ1n) is 16.2. The molecule has 266 valence electrons. The van der Waals surface area contributed by atoms with E-state index in [9.17, 15) is 19.5 Å². The fourth-order valence-corrected chi connectivity index (χ4v) is 6.72. The maximum Gasteiger partial charge on any atom is 0.419 e. The normalized spacial score (nSPS) is 13.2. The number of para-hydroxylation sites is 2. The molecule has 2 unspecified atom stereocenters. The van der Waals surface area contributed by atoms with Gasteiger partial charge in [0.1, 0.15) is 0 Å². The third kappa shape index (κ3) is 9.17. The van der Waals surface area contributed by atoms with Crippen LogP contribution in [0.4, 0.5) is 0 Å². The van der Waals surface area contributed by atoms with Gasteiger partial charge in [0.05, 0.1) is 27.7 Å². The van der Waals surface area contributed by atoms with Crippen LogP contribution in [0.2, 0.25) is 15.1 Å². The number of halogens is 3. The van der Waals surface area contributed by atoms with Crippen LogP contribution in [0.3, 0.4) is 0 Å². The molecule has 1 aliphatic heterocycles. The molecule has 0 radical (unpaired) electrons.